The molecule has 1 unspecified atom stereocenters. The molecule has 0 spiro atoms. The van der Waals surface area contributed by atoms with Gasteiger partial charge in [-0.1, -0.05) is 18.2 Å². The molecule has 2 N–H and O–H groups in total. The number of para-hydroxylation sites is 1. The number of carbonyl (C=O) groups excluding carboxylic acids is 1. The van der Waals surface area contributed by atoms with Crippen LogP contribution < -0.4 is 5.32 Å². The second-order valence-corrected chi connectivity index (χ2v) is 5.28. The average molecular weight is 319 g/mol. The van der Waals surface area contributed by atoms with E-state index in [0.29, 0.717) is 10.9 Å². The van der Waals surface area contributed by atoms with Crippen LogP contribution in [0.15, 0.2) is 35.3 Å². The molecule has 3 rings (SSSR count). The molecule has 1 aromatic carbocycles. The zero-order chi connectivity index (χ0) is 16.8. The van der Waals surface area contributed by atoms with Crippen molar-refractivity contribution in [1.29, 1.82) is 0 Å². The number of pyridine rings is 1. The normalized spacial score (nSPS) is 20.7. The third-order valence-corrected chi connectivity index (χ3v) is 3.65. The monoisotopic (exact) mass is 319 g/mol. The highest BCUT2D eigenvalue weighted by Crippen LogP contribution is 2.25. The maximum Gasteiger partial charge on any atom is 0.338 e. The number of amidine groups is 1. The van der Waals surface area contributed by atoms with Crippen molar-refractivity contribution in [3.63, 3.8) is 0 Å². The van der Waals surface area contributed by atoms with Gasteiger partial charge in [0.05, 0.1) is 11.1 Å². The Morgan fingerprint density at radius 1 is 1.35 bits per heavy atom. The van der Waals surface area contributed by atoms with Crippen molar-refractivity contribution in [2.24, 2.45) is 4.99 Å². The van der Waals surface area contributed by atoms with Gasteiger partial charge in [-0.05, 0) is 19.1 Å². The molecule has 1 aliphatic rings. The maximum atomic E-state index is 13.1. The smallest absolute Gasteiger partial charge is 0.338 e. The van der Waals surface area contributed by atoms with Crippen molar-refractivity contribution in [3.8, 4) is 0 Å². The lowest BCUT2D eigenvalue weighted by Gasteiger charge is -2.21. The first-order valence-electron chi connectivity index (χ1n) is 6.66. The Kier molecular flexibility index (Phi) is 3.32. The number of fused-ring (bicyclic) bond motifs is 1. The zero-order valence-electron chi connectivity index (χ0n) is 11.9. The largest absolute Gasteiger partial charge is 0.478 e. The van der Waals surface area contributed by atoms with Crippen LogP contribution in [0.25, 0.3) is 10.9 Å². The second kappa shape index (κ2) is 5.08. The van der Waals surface area contributed by atoms with Gasteiger partial charge >= 0.3 is 5.97 Å². The van der Waals surface area contributed by atoms with Gasteiger partial charge in [-0.3, -0.25) is 4.79 Å². The lowest BCUT2D eigenvalue weighted by atomic mass is 10.0. The Morgan fingerprint density at radius 2 is 2.04 bits per heavy atom. The summed E-state index contributed by atoms with van der Waals surface area (Å²) < 4.78 is 26.2. The number of carbonyl (C=O) groups is 2. The Morgan fingerprint density at radius 3 is 2.65 bits per heavy atom. The molecular weight excluding hydrogens is 308 g/mol. The Bertz CT molecular complexity index is 866. The first-order valence-corrected chi connectivity index (χ1v) is 6.66. The third-order valence-electron chi connectivity index (χ3n) is 3.65. The van der Waals surface area contributed by atoms with Crippen LogP contribution in [0.4, 0.5) is 8.78 Å². The van der Waals surface area contributed by atoms with Gasteiger partial charge in [-0.15, -0.1) is 0 Å². The van der Waals surface area contributed by atoms with Crippen molar-refractivity contribution >= 4 is 28.6 Å². The lowest BCUT2D eigenvalue weighted by molar-refractivity contribution is -0.127. The standard InChI is InChI=1S/C15H11F2N3O3/c1-15(13(16)17)14(23)19-11(20-15)10-8(12(21)22)6-7-4-2-3-5-9(7)18-10/h2-6,13H,1H3,(H,21,22)(H,19,20,23). The summed E-state index contributed by atoms with van der Waals surface area (Å²) in [6, 6.07) is 8.12. The number of carboxylic acid groups (broad SMARTS) is 1. The first-order chi connectivity index (χ1) is 10.8. The predicted molar refractivity (Wildman–Crippen MR) is 77.8 cm³/mol. The summed E-state index contributed by atoms with van der Waals surface area (Å²) in [4.78, 5) is 30.9. The summed E-state index contributed by atoms with van der Waals surface area (Å²) in [5.41, 5.74) is -2.08. The number of aliphatic imine (C=N–C) groups is 1. The number of amides is 1. The highest BCUT2D eigenvalue weighted by Gasteiger charge is 2.48. The number of aromatic carboxylic acids is 1. The van der Waals surface area contributed by atoms with Gasteiger partial charge in [0.15, 0.2) is 11.4 Å². The van der Waals surface area contributed by atoms with E-state index in [1.165, 1.54) is 6.07 Å². The van der Waals surface area contributed by atoms with Crippen LogP contribution in [0, 0.1) is 0 Å². The molecule has 23 heavy (non-hydrogen) atoms. The fraction of sp³-hybridized carbons (Fsp3) is 0.200. The molecule has 1 aromatic heterocycles. The number of benzene rings is 1. The van der Waals surface area contributed by atoms with Crippen LogP contribution in [0.2, 0.25) is 0 Å². The molecular formula is C15H11F2N3O3. The van der Waals surface area contributed by atoms with Crippen molar-refractivity contribution in [2.45, 2.75) is 18.9 Å². The number of aromatic nitrogens is 1. The predicted octanol–water partition coefficient (Wildman–Crippen LogP) is 1.83. The number of nitrogens with zero attached hydrogens (tertiary/aromatic N) is 2. The number of rotatable bonds is 3. The Labute approximate surface area is 128 Å². The summed E-state index contributed by atoms with van der Waals surface area (Å²) in [5, 5.41) is 12.2. The van der Waals surface area contributed by atoms with Crippen molar-refractivity contribution in [3.05, 3.63) is 41.6 Å². The molecule has 1 atom stereocenters. The van der Waals surface area contributed by atoms with E-state index in [1.807, 2.05) is 0 Å². The minimum absolute atomic E-state index is 0.145. The fourth-order valence-electron chi connectivity index (χ4n) is 2.26. The van der Waals surface area contributed by atoms with Gasteiger partial charge in [-0.25, -0.2) is 18.6 Å². The summed E-state index contributed by atoms with van der Waals surface area (Å²) in [7, 11) is 0. The summed E-state index contributed by atoms with van der Waals surface area (Å²) >= 11 is 0. The van der Waals surface area contributed by atoms with Gasteiger partial charge in [0.25, 0.3) is 12.3 Å². The SMILES string of the molecule is CC1(C(F)F)NC(c2nc3ccccc3cc2C(=O)O)=NC1=O. The molecule has 0 bridgehead atoms. The fourth-order valence-corrected chi connectivity index (χ4v) is 2.26. The number of alkyl halides is 2. The topological polar surface area (TPSA) is 91.7 Å². The lowest BCUT2D eigenvalue weighted by Crippen LogP contribution is -2.52. The average Bonchev–Trinajstić information content (AvgIpc) is 2.82. The zero-order valence-corrected chi connectivity index (χ0v) is 11.9. The van der Waals surface area contributed by atoms with Crippen molar-refractivity contribution in [1.82, 2.24) is 10.3 Å². The molecule has 2 aromatic rings. The minimum Gasteiger partial charge on any atom is -0.478 e. The molecule has 118 valence electrons. The molecule has 8 heteroatoms. The quantitative estimate of drug-likeness (QED) is 0.900. The van der Waals surface area contributed by atoms with Crippen LogP contribution >= 0.6 is 0 Å². The third kappa shape index (κ3) is 2.32. The van der Waals surface area contributed by atoms with Crippen molar-refractivity contribution in [2.75, 3.05) is 0 Å². The van der Waals surface area contributed by atoms with E-state index in [9.17, 15) is 23.5 Å². The highest BCUT2D eigenvalue weighted by molar-refractivity contribution is 6.17. The Hall–Kier alpha value is -2.90. The maximum absolute atomic E-state index is 13.1. The molecule has 0 fully saturated rings. The van der Waals surface area contributed by atoms with Crippen LogP contribution in [-0.4, -0.2) is 39.8 Å². The minimum atomic E-state index is -3.00. The van der Waals surface area contributed by atoms with Crippen LogP contribution in [0.1, 0.15) is 23.0 Å². The van der Waals surface area contributed by atoms with Crippen LogP contribution in [0.3, 0.4) is 0 Å². The van der Waals surface area contributed by atoms with E-state index in [2.05, 4.69) is 15.3 Å². The van der Waals surface area contributed by atoms with Crippen LogP contribution in [-0.2, 0) is 4.79 Å². The molecule has 0 aliphatic carbocycles. The molecule has 0 saturated heterocycles. The van der Waals surface area contributed by atoms with E-state index in [-0.39, 0.29) is 17.1 Å². The Balaban J connectivity index is 2.17. The number of hydrogen-bond acceptors (Lipinski definition) is 4. The molecule has 0 radical (unpaired) electrons. The van der Waals surface area contributed by atoms with Gasteiger partial charge < -0.3 is 10.4 Å². The molecule has 1 amide bonds. The van der Waals surface area contributed by atoms with Gasteiger partial charge in [0.2, 0.25) is 0 Å². The summed E-state index contributed by atoms with van der Waals surface area (Å²) in [6.45, 7) is 1.01. The van der Waals surface area contributed by atoms with Crippen LogP contribution in [0.5, 0.6) is 0 Å². The van der Waals surface area contributed by atoms with E-state index >= 15 is 0 Å². The number of nitrogens with one attached hydrogen (secondary N) is 1. The molecule has 1 aliphatic heterocycles. The van der Waals surface area contributed by atoms with E-state index in [4.69, 9.17) is 0 Å². The van der Waals surface area contributed by atoms with Gasteiger partial charge in [-0.2, -0.15) is 4.99 Å². The highest BCUT2D eigenvalue weighted by atomic mass is 19.3. The van der Waals surface area contributed by atoms with Gasteiger partial charge in [0, 0.05) is 5.39 Å². The molecule has 0 saturated carbocycles. The van der Waals surface area contributed by atoms with Gasteiger partial charge in [0.1, 0.15) is 5.69 Å². The first kappa shape index (κ1) is 15.0. The number of hydrogen-bond donors (Lipinski definition) is 2. The van der Waals surface area contributed by atoms with E-state index in [0.717, 1.165) is 6.92 Å². The second-order valence-electron chi connectivity index (χ2n) is 5.28. The molecule has 2 heterocycles. The molecule has 6 nitrogen and oxygen atoms in total. The number of carboxylic acids is 1. The summed E-state index contributed by atoms with van der Waals surface area (Å²) in [6.07, 6.45) is -3.00. The summed E-state index contributed by atoms with van der Waals surface area (Å²) in [5.74, 6) is -2.62. The number of halogens is 2. The van der Waals surface area contributed by atoms with E-state index < -0.39 is 23.8 Å². The van der Waals surface area contributed by atoms with Crippen molar-refractivity contribution < 1.29 is 23.5 Å². The van der Waals surface area contributed by atoms with E-state index in [1.54, 1.807) is 24.3 Å².